The lowest BCUT2D eigenvalue weighted by molar-refractivity contribution is 0.661. The predicted octanol–water partition coefficient (Wildman–Crippen LogP) is 12.6. The standard InChI is InChI=1S/C48H32N4S/c1-48(2)39-20-9-6-15-32(39)37-27-38-33-16-7-10-21-41(33)52(42(38)28-40(37)48)47-50-45(31-25-23-30(24-26-31)29-13-4-3-5-14-29)49-46(51-47)36-19-12-18-35-34-17-8-11-22-43(34)53-44(35)36/h3-28H,1-2H3. The maximum Gasteiger partial charge on any atom is 0.238 e. The molecule has 0 radical (unpaired) electrons. The minimum Gasteiger partial charge on any atom is -0.278 e. The molecule has 10 aromatic rings. The smallest absolute Gasteiger partial charge is 0.238 e. The van der Waals surface area contributed by atoms with Crippen molar-refractivity contribution in [2.24, 2.45) is 0 Å². The number of aromatic nitrogens is 4. The molecule has 250 valence electrons. The topological polar surface area (TPSA) is 43.6 Å². The van der Waals surface area contributed by atoms with E-state index in [1.165, 1.54) is 58.8 Å². The average molecular weight is 697 g/mol. The Balaban J connectivity index is 1.19. The molecule has 0 unspecified atom stereocenters. The van der Waals surface area contributed by atoms with Crippen LogP contribution in [0.15, 0.2) is 158 Å². The molecule has 1 aliphatic rings. The van der Waals surface area contributed by atoms with E-state index in [1.807, 2.05) is 6.07 Å². The number of rotatable bonds is 4. The van der Waals surface area contributed by atoms with Crippen molar-refractivity contribution in [2.75, 3.05) is 0 Å². The van der Waals surface area contributed by atoms with Crippen molar-refractivity contribution in [3.63, 3.8) is 0 Å². The van der Waals surface area contributed by atoms with Gasteiger partial charge >= 0.3 is 0 Å². The molecule has 0 bridgehead atoms. The van der Waals surface area contributed by atoms with Gasteiger partial charge < -0.3 is 0 Å². The van der Waals surface area contributed by atoms with E-state index in [4.69, 9.17) is 15.0 Å². The van der Waals surface area contributed by atoms with Crippen LogP contribution in [0.4, 0.5) is 0 Å². The van der Waals surface area contributed by atoms with Crippen molar-refractivity contribution in [3.8, 4) is 51.0 Å². The van der Waals surface area contributed by atoms with Gasteiger partial charge in [0.25, 0.3) is 0 Å². The number of benzene rings is 7. The van der Waals surface area contributed by atoms with E-state index in [9.17, 15) is 0 Å². The number of para-hydroxylation sites is 1. The van der Waals surface area contributed by atoms with Gasteiger partial charge in [-0.25, -0.2) is 4.98 Å². The highest BCUT2D eigenvalue weighted by molar-refractivity contribution is 7.26. The molecular weight excluding hydrogens is 665 g/mol. The van der Waals surface area contributed by atoms with E-state index < -0.39 is 0 Å². The first-order valence-corrected chi connectivity index (χ1v) is 18.9. The molecule has 0 N–H and O–H groups in total. The molecule has 5 heteroatoms. The van der Waals surface area contributed by atoms with Gasteiger partial charge in [-0.15, -0.1) is 11.3 Å². The quantitative estimate of drug-likeness (QED) is 0.184. The van der Waals surface area contributed by atoms with E-state index in [0.717, 1.165) is 27.7 Å². The molecule has 0 amide bonds. The van der Waals surface area contributed by atoms with Crippen LogP contribution in [0.2, 0.25) is 0 Å². The highest BCUT2D eigenvalue weighted by atomic mass is 32.1. The lowest BCUT2D eigenvalue weighted by Gasteiger charge is -2.21. The summed E-state index contributed by atoms with van der Waals surface area (Å²) in [6.07, 6.45) is 0. The van der Waals surface area contributed by atoms with E-state index in [-0.39, 0.29) is 5.41 Å². The van der Waals surface area contributed by atoms with Crippen molar-refractivity contribution in [2.45, 2.75) is 19.3 Å². The number of hydrogen-bond donors (Lipinski definition) is 0. The molecule has 7 aromatic carbocycles. The minimum atomic E-state index is -0.145. The van der Waals surface area contributed by atoms with Gasteiger partial charge in [-0.1, -0.05) is 141 Å². The lowest BCUT2D eigenvalue weighted by atomic mass is 9.82. The van der Waals surface area contributed by atoms with Crippen molar-refractivity contribution in [1.82, 2.24) is 19.5 Å². The van der Waals surface area contributed by atoms with Gasteiger partial charge in [0, 0.05) is 47.5 Å². The second-order valence-electron chi connectivity index (χ2n) is 14.4. The van der Waals surface area contributed by atoms with Crippen molar-refractivity contribution < 1.29 is 0 Å². The molecule has 11 rings (SSSR count). The van der Waals surface area contributed by atoms with Crippen LogP contribution in [-0.2, 0) is 5.41 Å². The summed E-state index contributed by atoms with van der Waals surface area (Å²) in [6.45, 7) is 4.67. The van der Waals surface area contributed by atoms with Crippen LogP contribution in [0, 0.1) is 0 Å². The van der Waals surface area contributed by atoms with E-state index in [1.54, 1.807) is 11.3 Å². The Morgan fingerprint density at radius 1 is 0.453 bits per heavy atom. The molecule has 0 fully saturated rings. The fraction of sp³-hybridized carbons (Fsp3) is 0.0625. The zero-order valence-corrected chi connectivity index (χ0v) is 30.0. The fourth-order valence-corrected chi connectivity index (χ4v) is 9.67. The van der Waals surface area contributed by atoms with Crippen molar-refractivity contribution in [1.29, 1.82) is 0 Å². The van der Waals surface area contributed by atoms with Gasteiger partial charge in [0.2, 0.25) is 5.95 Å². The second kappa shape index (κ2) is 11.3. The van der Waals surface area contributed by atoms with E-state index in [2.05, 4.69) is 170 Å². The normalized spacial score (nSPS) is 13.2. The highest BCUT2D eigenvalue weighted by Gasteiger charge is 2.36. The highest BCUT2D eigenvalue weighted by Crippen LogP contribution is 2.51. The van der Waals surface area contributed by atoms with Crippen LogP contribution in [0.1, 0.15) is 25.0 Å². The summed E-state index contributed by atoms with van der Waals surface area (Å²) < 4.78 is 4.68. The lowest BCUT2D eigenvalue weighted by Crippen LogP contribution is -2.15. The maximum atomic E-state index is 5.37. The molecule has 3 heterocycles. The fourth-order valence-electron chi connectivity index (χ4n) is 8.46. The summed E-state index contributed by atoms with van der Waals surface area (Å²) in [4.78, 5) is 15.9. The van der Waals surface area contributed by atoms with Gasteiger partial charge in [-0.05, 0) is 63.7 Å². The zero-order valence-electron chi connectivity index (χ0n) is 29.2. The first-order chi connectivity index (χ1) is 26.0. The van der Waals surface area contributed by atoms with Crippen molar-refractivity contribution >= 4 is 53.3 Å². The van der Waals surface area contributed by atoms with E-state index >= 15 is 0 Å². The summed E-state index contributed by atoms with van der Waals surface area (Å²) in [7, 11) is 0. The Kier molecular flexibility index (Phi) is 6.43. The average Bonchev–Trinajstić information content (AvgIpc) is 3.83. The third kappa shape index (κ3) is 4.51. The second-order valence-corrected chi connectivity index (χ2v) is 15.5. The number of thiophene rings is 1. The van der Waals surface area contributed by atoms with Gasteiger partial charge in [0.15, 0.2) is 11.6 Å². The minimum absolute atomic E-state index is 0.145. The Bertz CT molecular complexity index is 3080. The Hall–Kier alpha value is -6.43. The third-order valence-electron chi connectivity index (χ3n) is 11.1. The summed E-state index contributed by atoms with van der Waals surface area (Å²) in [5, 5.41) is 4.83. The molecule has 53 heavy (non-hydrogen) atoms. The Morgan fingerprint density at radius 3 is 1.98 bits per heavy atom. The first-order valence-electron chi connectivity index (χ1n) is 18.0. The van der Waals surface area contributed by atoms with Crippen LogP contribution in [-0.4, -0.2) is 19.5 Å². The van der Waals surface area contributed by atoms with Gasteiger partial charge in [0.05, 0.1) is 11.0 Å². The Morgan fingerprint density at radius 2 is 1.11 bits per heavy atom. The summed E-state index contributed by atoms with van der Waals surface area (Å²) in [5.41, 5.74) is 11.6. The van der Waals surface area contributed by atoms with Gasteiger partial charge in [-0.3, -0.25) is 4.57 Å². The largest absolute Gasteiger partial charge is 0.278 e. The predicted molar refractivity (Wildman–Crippen MR) is 221 cm³/mol. The molecule has 3 aromatic heterocycles. The van der Waals surface area contributed by atoms with Crippen LogP contribution in [0.5, 0.6) is 0 Å². The molecular formula is C48H32N4S. The molecule has 4 nitrogen and oxygen atoms in total. The molecule has 0 aliphatic heterocycles. The van der Waals surface area contributed by atoms with Gasteiger partial charge in [-0.2, -0.15) is 9.97 Å². The summed E-state index contributed by atoms with van der Waals surface area (Å²) >= 11 is 1.79. The monoisotopic (exact) mass is 696 g/mol. The van der Waals surface area contributed by atoms with Crippen LogP contribution < -0.4 is 0 Å². The van der Waals surface area contributed by atoms with Crippen LogP contribution in [0.25, 0.3) is 93.0 Å². The molecule has 0 saturated heterocycles. The maximum absolute atomic E-state index is 5.37. The SMILES string of the molecule is CC1(C)c2ccccc2-c2cc3c4ccccc4n(-c4nc(-c5ccc(-c6ccccc6)cc5)nc(-c5cccc6c5sc5ccccc56)n4)c3cc21. The van der Waals surface area contributed by atoms with Crippen molar-refractivity contribution in [3.05, 3.63) is 169 Å². The summed E-state index contributed by atoms with van der Waals surface area (Å²) in [6, 6.07) is 56.4. The van der Waals surface area contributed by atoms with Crippen LogP contribution in [0.3, 0.4) is 0 Å². The Labute approximate surface area is 310 Å². The zero-order chi connectivity index (χ0) is 35.3. The first kappa shape index (κ1) is 30.2. The molecule has 0 spiro atoms. The third-order valence-corrected chi connectivity index (χ3v) is 12.3. The van der Waals surface area contributed by atoms with Gasteiger partial charge in [0.1, 0.15) is 0 Å². The number of hydrogen-bond acceptors (Lipinski definition) is 4. The van der Waals surface area contributed by atoms with Crippen LogP contribution >= 0.6 is 11.3 Å². The number of nitrogens with zero attached hydrogens (tertiary/aromatic N) is 4. The summed E-state index contributed by atoms with van der Waals surface area (Å²) in [5.74, 6) is 1.91. The van der Waals surface area contributed by atoms with E-state index in [0.29, 0.717) is 17.6 Å². The molecule has 0 atom stereocenters. The molecule has 0 saturated carbocycles. The number of fused-ring (bicyclic) bond motifs is 9. The molecule has 1 aliphatic carbocycles.